The van der Waals surface area contributed by atoms with Crippen molar-refractivity contribution in [1.29, 1.82) is 0 Å². The van der Waals surface area contributed by atoms with Crippen molar-refractivity contribution in [2.24, 2.45) is 0 Å². The summed E-state index contributed by atoms with van der Waals surface area (Å²) in [6, 6.07) is -0.0132. The number of hydrogen-bond acceptors (Lipinski definition) is 5. The van der Waals surface area contributed by atoms with Crippen molar-refractivity contribution in [3.05, 3.63) is 18.1 Å². The number of anilines is 1. The zero-order valence-electron chi connectivity index (χ0n) is 10.4. The molecule has 0 saturated heterocycles. The lowest BCUT2D eigenvalue weighted by Gasteiger charge is -2.27. The van der Waals surface area contributed by atoms with Crippen LogP contribution >= 0.6 is 0 Å². The van der Waals surface area contributed by atoms with Gasteiger partial charge in [0.05, 0.1) is 25.0 Å². The average molecular weight is 238 g/mol. The van der Waals surface area contributed by atoms with E-state index in [1.165, 1.54) is 12.4 Å². The molecule has 0 radical (unpaired) electrons. The number of nitrogens with two attached hydrogens (primary N) is 1. The molecule has 2 N–H and O–H groups in total. The second kappa shape index (κ2) is 6.15. The number of carbonyl (C=O) groups is 1. The van der Waals surface area contributed by atoms with Gasteiger partial charge in [-0.2, -0.15) is 0 Å². The maximum atomic E-state index is 12.2. The predicted octanol–water partition coefficient (Wildman–Crippen LogP) is 0.556. The third-order valence-electron chi connectivity index (χ3n) is 2.41. The fourth-order valence-electron chi connectivity index (χ4n) is 1.62. The fourth-order valence-corrected chi connectivity index (χ4v) is 1.62. The topological polar surface area (TPSA) is 81.3 Å². The van der Waals surface area contributed by atoms with Crippen molar-refractivity contribution < 1.29 is 9.53 Å². The molecule has 6 nitrogen and oxygen atoms in total. The maximum absolute atomic E-state index is 12.2. The van der Waals surface area contributed by atoms with Crippen LogP contribution in [0, 0.1) is 0 Å². The second-order valence-electron chi connectivity index (χ2n) is 3.72. The molecule has 6 heteroatoms. The van der Waals surface area contributed by atoms with Crippen molar-refractivity contribution >= 4 is 11.7 Å². The summed E-state index contributed by atoms with van der Waals surface area (Å²) in [6.07, 6.45) is 2.83. The van der Waals surface area contributed by atoms with Gasteiger partial charge in [0.25, 0.3) is 5.91 Å². The normalized spacial score (nSPS) is 12.2. The molecule has 0 aromatic carbocycles. The van der Waals surface area contributed by atoms with Crippen molar-refractivity contribution in [3.8, 4) is 0 Å². The molecule has 1 aromatic heterocycles. The van der Waals surface area contributed by atoms with Crippen molar-refractivity contribution in [2.45, 2.75) is 19.9 Å². The summed E-state index contributed by atoms with van der Waals surface area (Å²) in [6.45, 7) is 4.89. The standard InChI is InChI=1S/C11H18N4O2/c1-4-15(8(2)7-17-3)11(16)9-5-13-6-10(12)14-9/h5-6,8H,4,7H2,1-3H3,(H2,12,14). The summed E-state index contributed by atoms with van der Waals surface area (Å²) in [5.41, 5.74) is 5.76. The molecule has 1 unspecified atom stereocenters. The first-order valence-electron chi connectivity index (χ1n) is 5.47. The first-order chi connectivity index (χ1) is 8.10. The Hall–Kier alpha value is -1.69. The van der Waals surface area contributed by atoms with Crippen LogP contribution in [0.3, 0.4) is 0 Å². The number of rotatable bonds is 5. The molecule has 0 aliphatic heterocycles. The Labute approximate surface area is 101 Å². The molecule has 0 spiro atoms. The highest BCUT2D eigenvalue weighted by atomic mass is 16.5. The Bertz CT molecular complexity index is 383. The fraction of sp³-hybridized carbons (Fsp3) is 0.545. The van der Waals surface area contributed by atoms with Gasteiger partial charge >= 0.3 is 0 Å². The number of aromatic nitrogens is 2. The third kappa shape index (κ3) is 3.39. The highest BCUT2D eigenvalue weighted by Crippen LogP contribution is 2.07. The SMILES string of the molecule is CCN(C(=O)c1cncc(N)n1)C(C)COC. The van der Waals surface area contributed by atoms with Crippen LogP contribution in [0.15, 0.2) is 12.4 Å². The van der Waals surface area contributed by atoms with Gasteiger partial charge < -0.3 is 15.4 Å². The summed E-state index contributed by atoms with van der Waals surface area (Å²) in [4.78, 5) is 21.7. The number of nitrogens with zero attached hydrogens (tertiary/aromatic N) is 3. The number of likely N-dealkylation sites (N-methyl/N-ethyl adjacent to an activating group) is 1. The molecule has 0 aliphatic rings. The maximum Gasteiger partial charge on any atom is 0.274 e. The lowest BCUT2D eigenvalue weighted by Crippen LogP contribution is -2.41. The minimum atomic E-state index is -0.183. The number of ether oxygens (including phenoxy) is 1. The molecular weight excluding hydrogens is 220 g/mol. The van der Waals surface area contributed by atoms with E-state index in [1.807, 2.05) is 13.8 Å². The molecule has 1 aromatic rings. The van der Waals surface area contributed by atoms with Crippen LogP contribution in [0.4, 0.5) is 5.82 Å². The van der Waals surface area contributed by atoms with Gasteiger partial charge in [-0.25, -0.2) is 4.98 Å². The molecule has 1 rings (SSSR count). The van der Waals surface area contributed by atoms with Crippen LogP contribution in [0.25, 0.3) is 0 Å². The Kier molecular flexibility index (Phi) is 4.84. The number of amides is 1. The monoisotopic (exact) mass is 238 g/mol. The van der Waals surface area contributed by atoms with Crippen LogP contribution in [0.1, 0.15) is 24.3 Å². The average Bonchev–Trinajstić information content (AvgIpc) is 2.30. The minimum Gasteiger partial charge on any atom is -0.383 e. The van der Waals surface area contributed by atoms with Crippen LogP contribution < -0.4 is 5.73 Å². The summed E-state index contributed by atoms with van der Waals surface area (Å²) in [7, 11) is 1.61. The molecule has 1 amide bonds. The molecule has 0 aliphatic carbocycles. The number of carbonyl (C=O) groups excluding carboxylic acids is 1. The van der Waals surface area contributed by atoms with E-state index < -0.39 is 0 Å². The molecule has 0 saturated carbocycles. The molecule has 1 atom stereocenters. The van der Waals surface area contributed by atoms with E-state index in [1.54, 1.807) is 12.0 Å². The van der Waals surface area contributed by atoms with Gasteiger partial charge in [0.15, 0.2) is 0 Å². The molecular formula is C11H18N4O2. The highest BCUT2D eigenvalue weighted by molar-refractivity contribution is 5.92. The van der Waals surface area contributed by atoms with Gasteiger partial charge in [0, 0.05) is 13.7 Å². The van der Waals surface area contributed by atoms with Crippen LogP contribution in [0.2, 0.25) is 0 Å². The Morgan fingerprint density at radius 2 is 2.29 bits per heavy atom. The Morgan fingerprint density at radius 1 is 1.59 bits per heavy atom. The first kappa shape index (κ1) is 13.4. The van der Waals surface area contributed by atoms with Crippen molar-refractivity contribution in [1.82, 2.24) is 14.9 Å². The molecule has 94 valence electrons. The van der Waals surface area contributed by atoms with E-state index in [-0.39, 0.29) is 23.5 Å². The van der Waals surface area contributed by atoms with Gasteiger partial charge in [-0.1, -0.05) is 0 Å². The van der Waals surface area contributed by atoms with Gasteiger partial charge in [0.2, 0.25) is 0 Å². The predicted molar refractivity (Wildman–Crippen MR) is 64.5 cm³/mol. The van der Waals surface area contributed by atoms with E-state index in [2.05, 4.69) is 9.97 Å². The van der Waals surface area contributed by atoms with Gasteiger partial charge in [-0.05, 0) is 13.8 Å². The van der Waals surface area contributed by atoms with Gasteiger partial charge in [-0.3, -0.25) is 9.78 Å². The van der Waals surface area contributed by atoms with Crippen LogP contribution in [-0.4, -0.2) is 47.1 Å². The van der Waals surface area contributed by atoms with Crippen LogP contribution in [0.5, 0.6) is 0 Å². The third-order valence-corrected chi connectivity index (χ3v) is 2.41. The lowest BCUT2D eigenvalue weighted by atomic mass is 10.2. The van der Waals surface area contributed by atoms with E-state index in [4.69, 9.17) is 10.5 Å². The van der Waals surface area contributed by atoms with E-state index in [0.717, 1.165) is 0 Å². The van der Waals surface area contributed by atoms with Gasteiger partial charge in [0.1, 0.15) is 11.5 Å². The second-order valence-corrected chi connectivity index (χ2v) is 3.72. The van der Waals surface area contributed by atoms with Crippen molar-refractivity contribution in [2.75, 3.05) is 26.0 Å². The number of nitrogen functional groups attached to an aromatic ring is 1. The molecule has 1 heterocycles. The van der Waals surface area contributed by atoms with Gasteiger partial charge in [-0.15, -0.1) is 0 Å². The van der Waals surface area contributed by atoms with E-state index >= 15 is 0 Å². The highest BCUT2D eigenvalue weighted by Gasteiger charge is 2.21. The molecule has 0 bridgehead atoms. The Balaban J connectivity index is 2.86. The van der Waals surface area contributed by atoms with Crippen molar-refractivity contribution in [3.63, 3.8) is 0 Å². The Morgan fingerprint density at radius 3 is 2.82 bits per heavy atom. The first-order valence-corrected chi connectivity index (χ1v) is 5.47. The van der Waals surface area contributed by atoms with E-state index in [0.29, 0.717) is 13.2 Å². The van der Waals surface area contributed by atoms with E-state index in [9.17, 15) is 4.79 Å². The minimum absolute atomic E-state index is 0.0132. The lowest BCUT2D eigenvalue weighted by molar-refractivity contribution is 0.0573. The summed E-state index contributed by atoms with van der Waals surface area (Å²) in [5, 5.41) is 0. The number of hydrogen-bond donors (Lipinski definition) is 1. The largest absolute Gasteiger partial charge is 0.383 e. The van der Waals surface area contributed by atoms with Crippen LogP contribution in [-0.2, 0) is 4.74 Å². The summed E-state index contributed by atoms with van der Waals surface area (Å²) in [5.74, 6) is 0.0585. The zero-order valence-corrected chi connectivity index (χ0v) is 10.4. The zero-order chi connectivity index (χ0) is 12.8. The quantitative estimate of drug-likeness (QED) is 0.810. The number of methoxy groups -OCH3 is 1. The summed E-state index contributed by atoms with van der Waals surface area (Å²) < 4.78 is 5.04. The smallest absolute Gasteiger partial charge is 0.274 e. The molecule has 17 heavy (non-hydrogen) atoms. The summed E-state index contributed by atoms with van der Waals surface area (Å²) >= 11 is 0. The molecule has 0 fully saturated rings.